The Labute approximate surface area is 154 Å². The molecule has 3 nitrogen and oxygen atoms in total. The van der Waals surface area contributed by atoms with Crippen LogP contribution in [0.25, 0.3) is 10.8 Å². The molecule has 0 atom stereocenters. The summed E-state index contributed by atoms with van der Waals surface area (Å²) in [6.07, 6.45) is 3.97. The molecule has 0 radical (unpaired) electrons. The summed E-state index contributed by atoms with van der Waals surface area (Å²) in [6.45, 7) is 4.53. The second kappa shape index (κ2) is 7.04. The molecule has 3 aromatic carbocycles. The molecular weight excluding hydrogens is 320 g/mol. The average Bonchev–Trinajstić information content (AvgIpc) is 3.11. The normalized spacial score (nSPS) is 12.2. The van der Waals surface area contributed by atoms with E-state index in [2.05, 4.69) is 42.2 Å². The Hall–Kier alpha value is -3.07. The van der Waals surface area contributed by atoms with Gasteiger partial charge >= 0.3 is 0 Å². The summed E-state index contributed by atoms with van der Waals surface area (Å²) < 4.78 is 0. The largest absolute Gasteiger partial charge is 0.376 e. The second-order valence-electron chi connectivity index (χ2n) is 6.59. The number of aryl methyl sites for hydroxylation is 2. The van der Waals surface area contributed by atoms with Gasteiger partial charge in [0.05, 0.1) is 6.54 Å². The Morgan fingerprint density at radius 3 is 2.54 bits per heavy atom. The van der Waals surface area contributed by atoms with Crippen LogP contribution in [0.4, 0.5) is 11.4 Å². The van der Waals surface area contributed by atoms with Crippen molar-refractivity contribution < 1.29 is 4.79 Å². The van der Waals surface area contributed by atoms with Crippen LogP contribution in [0.1, 0.15) is 11.1 Å². The molecule has 0 unspecified atom stereocenters. The van der Waals surface area contributed by atoms with E-state index >= 15 is 0 Å². The summed E-state index contributed by atoms with van der Waals surface area (Å²) in [4.78, 5) is 14.6. The van der Waals surface area contributed by atoms with E-state index in [4.69, 9.17) is 0 Å². The molecule has 3 aromatic rings. The summed E-state index contributed by atoms with van der Waals surface area (Å²) in [5.41, 5.74) is 4.72. The fourth-order valence-corrected chi connectivity index (χ4v) is 3.76. The van der Waals surface area contributed by atoms with Gasteiger partial charge in [-0.05, 0) is 47.6 Å². The Morgan fingerprint density at radius 1 is 1.00 bits per heavy atom. The fraction of sp³-hybridized carbons (Fsp3) is 0.174. The molecule has 0 aromatic heterocycles. The summed E-state index contributed by atoms with van der Waals surface area (Å²) >= 11 is 0. The zero-order chi connectivity index (χ0) is 17.9. The smallest absolute Gasteiger partial charge is 0.246 e. The minimum atomic E-state index is 0.0272. The lowest BCUT2D eigenvalue weighted by Crippen LogP contribution is -2.35. The summed E-state index contributed by atoms with van der Waals surface area (Å²) in [5.74, 6) is 0.0272. The Morgan fingerprint density at radius 2 is 1.77 bits per heavy atom. The van der Waals surface area contributed by atoms with E-state index in [0.29, 0.717) is 6.54 Å². The van der Waals surface area contributed by atoms with E-state index in [1.165, 1.54) is 21.9 Å². The number of amides is 1. The van der Waals surface area contributed by atoms with Crippen LogP contribution in [0, 0.1) is 0 Å². The highest BCUT2D eigenvalue weighted by Gasteiger charge is 2.17. The number of nitrogens with one attached hydrogen (secondary N) is 1. The second-order valence-corrected chi connectivity index (χ2v) is 6.59. The summed E-state index contributed by atoms with van der Waals surface area (Å²) in [7, 11) is 0. The number of hydrogen-bond acceptors (Lipinski definition) is 2. The average molecular weight is 342 g/mol. The zero-order valence-corrected chi connectivity index (χ0v) is 14.7. The molecule has 0 spiro atoms. The van der Waals surface area contributed by atoms with E-state index < -0.39 is 0 Å². The van der Waals surface area contributed by atoms with Crippen molar-refractivity contribution in [3.63, 3.8) is 0 Å². The van der Waals surface area contributed by atoms with Crippen molar-refractivity contribution in [1.29, 1.82) is 0 Å². The third kappa shape index (κ3) is 2.97. The minimum Gasteiger partial charge on any atom is -0.376 e. The number of rotatable bonds is 6. The highest BCUT2D eigenvalue weighted by atomic mass is 16.2. The SMILES string of the molecule is C=CCN(C(=O)CNc1ccc2c3c(cccc13)CC2)c1ccccc1. The van der Waals surface area contributed by atoms with Crippen LogP contribution in [0.15, 0.2) is 73.3 Å². The monoisotopic (exact) mass is 342 g/mol. The van der Waals surface area contributed by atoms with E-state index in [-0.39, 0.29) is 12.5 Å². The molecule has 130 valence electrons. The molecule has 26 heavy (non-hydrogen) atoms. The summed E-state index contributed by atoms with van der Waals surface area (Å²) in [6, 6.07) is 20.4. The van der Waals surface area contributed by atoms with Crippen LogP contribution in [0.3, 0.4) is 0 Å². The molecule has 0 saturated carbocycles. The van der Waals surface area contributed by atoms with Crippen molar-refractivity contribution in [2.45, 2.75) is 12.8 Å². The van der Waals surface area contributed by atoms with Gasteiger partial charge in [0.15, 0.2) is 0 Å². The van der Waals surface area contributed by atoms with Crippen molar-refractivity contribution in [3.8, 4) is 0 Å². The van der Waals surface area contributed by atoms with Gasteiger partial charge in [0.1, 0.15) is 0 Å². The van der Waals surface area contributed by atoms with Crippen molar-refractivity contribution in [2.24, 2.45) is 0 Å². The predicted octanol–water partition coefficient (Wildman–Crippen LogP) is 4.57. The quantitative estimate of drug-likeness (QED) is 0.666. The number of para-hydroxylation sites is 1. The highest BCUT2D eigenvalue weighted by Crippen LogP contribution is 2.34. The number of carbonyl (C=O) groups excluding carboxylic acids is 1. The molecule has 1 aliphatic carbocycles. The predicted molar refractivity (Wildman–Crippen MR) is 109 cm³/mol. The molecule has 0 fully saturated rings. The van der Waals surface area contributed by atoms with E-state index in [1.807, 2.05) is 30.3 Å². The van der Waals surface area contributed by atoms with Crippen LogP contribution < -0.4 is 10.2 Å². The van der Waals surface area contributed by atoms with Crippen molar-refractivity contribution in [1.82, 2.24) is 0 Å². The number of anilines is 2. The molecule has 4 rings (SSSR count). The van der Waals surface area contributed by atoms with Gasteiger partial charge in [-0.25, -0.2) is 0 Å². The number of hydrogen-bond donors (Lipinski definition) is 1. The maximum absolute atomic E-state index is 12.8. The van der Waals surface area contributed by atoms with Crippen molar-refractivity contribution in [2.75, 3.05) is 23.3 Å². The standard InChI is InChI=1S/C23H22N2O/c1-2-15-25(19-8-4-3-5-9-19)22(26)16-24-21-14-13-18-12-11-17-7-6-10-20(21)23(17)18/h2-10,13-14,24H,1,11-12,15-16H2. The lowest BCUT2D eigenvalue weighted by atomic mass is 10.0. The van der Waals surface area contributed by atoms with Crippen molar-refractivity contribution >= 4 is 28.1 Å². The van der Waals surface area contributed by atoms with Crippen LogP contribution >= 0.6 is 0 Å². The van der Waals surface area contributed by atoms with Crippen LogP contribution in [-0.4, -0.2) is 19.0 Å². The van der Waals surface area contributed by atoms with Gasteiger partial charge in [-0.1, -0.05) is 48.5 Å². The first-order chi connectivity index (χ1) is 12.8. The molecule has 1 aliphatic rings. The van der Waals surface area contributed by atoms with E-state index in [0.717, 1.165) is 24.2 Å². The number of carbonyl (C=O) groups is 1. The van der Waals surface area contributed by atoms with Gasteiger partial charge in [-0.2, -0.15) is 0 Å². The number of benzene rings is 3. The molecule has 0 heterocycles. The zero-order valence-electron chi connectivity index (χ0n) is 14.7. The fourth-order valence-electron chi connectivity index (χ4n) is 3.76. The molecule has 0 aliphatic heterocycles. The van der Waals surface area contributed by atoms with Crippen LogP contribution in [-0.2, 0) is 17.6 Å². The minimum absolute atomic E-state index is 0.0272. The third-order valence-electron chi connectivity index (χ3n) is 4.99. The van der Waals surface area contributed by atoms with Gasteiger partial charge < -0.3 is 10.2 Å². The maximum atomic E-state index is 12.8. The third-order valence-corrected chi connectivity index (χ3v) is 4.99. The molecule has 1 N–H and O–H groups in total. The molecule has 3 heteroatoms. The maximum Gasteiger partial charge on any atom is 0.246 e. The first kappa shape index (κ1) is 16.4. The molecule has 0 bridgehead atoms. The Kier molecular flexibility index (Phi) is 4.44. The van der Waals surface area contributed by atoms with E-state index in [9.17, 15) is 4.79 Å². The highest BCUT2D eigenvalue weighted by molar-refractivity contribution is 6.02. The Balaban J connectivity index is 1.56. The summed E-state index contributed by atoms with van der Waals surface area (Å²) in [5, 5.41) is 5.92. The molecular formula is C23H22N2O. The first-order valence-corrected chi connectivity index (χ1v) is 9.01. The van der Waals surface area contributed by atoms with Gasteiger partial charge in [0.2, 0.25) is 5.91 Å². The Bertz CT molecular complexity index is 952. The van der Waals surface area contributed by atoms with Gasteiger partial charge in [0.25, 0.3) is 0 Å². The van der Waals surface area contributed by atoms with Crippen LogP contribution in [0.5, 0.6) is 0 Å². The van der Waals surface area contributed by atoms with E-state index in [1.54, 1.807) is 11.0 Å². The van der Waals surface area contributed by atoms with Crippen LogP contribution in [0.2, 0.25) is 0 Å². The first-order valence-electron chi connectivity index (χ1n) is 9.01. The molecule has 1 amide bonds. The lowest BCUT2D eigenvalue weighted by Gasteiger charge is -2.22. The van der Waals surface area contributed by atoms with Crippen molar-refractivity contribution in [3.05, 3.63) is 84.4 Å². The number of nitrogens with zero attached hydrogens (tertiary/aromatic N) is 1. The van der Waals surface area contributed by atoms with Gasteiger partial charge in [-0.15, -0.1) is 6.58 Å². The van der Waals surface area contributed by atoms with Gasteiger partial charge in [-0.3, -0.25) is 4.79 Å². The topological polar surface area (TPSA) is 32.3 Å². The lowest BCUT2D eigenvalue weighted by molar-refractivity contribution is -0.116. The van der Waals surface area contributed by atoms with Gasteiger partial charge in [0, 0.05) is 23.3 Å². The molecule has 0 saturated heterocycles.